The van der Waals surface area contributed by atoms with Crippen LogP contribution in [0.15, 0.2) is 42.5 Å². The number of esters is 1. The van der Waals surface area contributed by atoms with Crippen molar-refractivity contribution in [1.29, 1.82) is 0 Å². The summed E-state index contributed by atoms with van der Waals surface area (Å²) in [4.78, 5) is 32.5. The van der Waals surface area contributed by atoms with Crippen molar-refractivity contribution in [2.75, 3.05) is 43.5 Å². The van der Waals surface area contributed by atoms with Crippen molar-refractivity contribution in [2.24, 2.45) is 0 Å². The maximum atomic E-state index is 12.0. The fourth-order valence-electron chi connectivity index (χ4n) is 2.70. The summed E-state index contributed by atoms with van der Waals surface area (Å²) in [6, 6.07) is 10.4. The van der Waals surface area contributed by atoms with Crippen LogP contribution in [0.5, 0.6) is 0 Å². The van der Waals surface area contributed by atoms with Crippen LogP contribution < -0.4 is 10.6 Å². The second kappa shape index (κ2) is 12.8. The maximum Gasteiger partial charge on any atom is 0.338 e. The molecule has 172 valence electrons. The second-order valence-electron chi connectivity index (χ2n) is 6.75. The molecular formula is C21H26N4O7. The summed E-state index contributed by atoms with van der Waals surface area (Å²) < 4.78 is 10.5. The monoisotopic (exact) mass is 446 g/mol. The van der Waals surface area contributed by atoms with Gasteiger partial charge in [0.05, 0.1) is 34.7 Å². The number of hydrogen-bond acceptors (Lipinski definition) is 9. The number of non-ortho nitro benzene ring substituents is 1. The van der Waals surface area contributed by atoms with E-state index < -0.39 is 15.8 Å². The van der Waals surface area contributed by atoms with E-state index in [-0.39, 0.29) is 43.4 Å². The third-order valence-corrected chi connectivity index (χ3v) is 4.39. The molecule has 0 atom stereocenters. The molecule has 2 N–H and O–H groups in total. The van der Waals surface area contributed by atoms with Crippen molar-refractivity contribution in [3.63, 3.8) is 0 Å². The number of nitrogens with one attached hydrogen (secondary N) is 2. The fraction of sp³-hybridized carbons (Fsp3) is 0.381. The summed E-state index contributed by atoms with van der Waals surface area (Å²) in [5.41, 5.74) is 0.794. The van der Waals surface area contributed by atoms with E-state index >= 15 is 0 Å². The number of anilines is 2. The summed E-state index contributed by atoms with van der Waals surface area (Å²) in [6.07, 6.45) is 2.18. The molecule has 2 aromatic carbocycles. The van der Waals surface area contributed by atoms with Crippen LogP contribution in [-0.4, -0.2) is 48.7 Å². The topological polar surface area (TPSA) is 146 Å². The van der Waals surface area contributed by atoms with E-state index in [1.165, 1.54) is 12.1 Å². The van der Waals surface area contributed by atoms with E-state index in [1.807, 2.05) is 12.1 Å². The molecule has 0 saturated carbocycles. The van der Waals surface area contributed by atoms with Gasteiger partial charge in [0.2, 0.25) is 0 Å². The van der Waals surface area contributed by atoms with Crippen LogP contribution in [0.2, 0.25) is 0 Å². The highest BCUT2D eigenvalue weighted by Crippen LogP contribution is 2.28. The number of unbranched alkanes of at least 4 members (excludes halogenated alkanes) is 1. The van der Waals surface area contributed by atoms with E-state index in [9.17, 15) is 25.0 Å². The van der Waals surface area contributed by atoms with Gasteiger partial charge < -0.3 is 20.1 Å². The first-order valence-corrected chi connectivity index (χ1v) is 10.2. The molecule has 0 aliphatic rings. The highest BCUT2D eigenvalue weighted by molar-refractivity contribution is 5.89. The van der Waals surface area contributed by atoms with Gasteiger partial charge >= 0.3 is 5.97 Å². The number of nitro groups is 2. The number of carbonyl (C=O) groups is 1. The Morgan fingerprint density at radius 1 is 0.938 bits per heavy atom. The largest absolute Gasteiger partial charge is 0.460 e. The number of hydrogen-bond donors (Lipinski definition) is 2. The lowest BCUT2D eigenvalue weighted by Crippen LogP contribution is -2.15. The SMILES string of the molecule is CCCCNc1ccc(C(=O)OCCOCCNc2ccc([N+](=O)[O-])cc2[N+](=O)[O-])cc1. The molecule has 11 heteroatoms. The van der Waals surface area contributed by atoms with Crippen LogP contribution >= 0.6 is 0 Å². The molecule has 0 fully saturated rings. The molecule has 0 aliphatic carbocycles. The molecule has 32 heavy (non-hydrogen) atoms. The molecule has 0 amide bonds. The smallest absolute Gasteiger partial charge is 0.338 e. The lowest BCUT2D eigenvalue weighted by atomic mass is 10.2. The van der Waals surface area contributed by atoms with Gasteiger partial charge in [-0.15, -0.1) is 0 Å². The highest BCUT2D eigenvalue weighted by Gasteiger charge is 2.19. The summed E-state index contributed by atoms with van der Waals surface area (Å²) in [7, 11) is 0. The zero-order chi connectivity index (χ0) is 23.3. The summed E-state index contributed by atoms with van der Waals surface area (Å²) in [5, 5.41) is 27.9. The van der Waals surface area contributed by atoms with E-state index in [0.717, 1.165) is 31.1 Å². The number of nitrogens with zero attached hydrogens (tertiary/aromatic N) is 2. The quantitative estimate of drug-likeness (QED) is 0.190. The van der Waals surface area contributed by atoms with Gasteiger partial charge in [-0.3, -0.25) is 20.2 Å². The third-order valence-electron chi connectivity index (χ3n) is 4.39. The van der Waals surface area contributed by atoms with E-state index in [4.69, 9.17) is 9.47 Å². The second-order valence-corrected chi connectivity index (χ2v) is 6.75. The molecule has 0 saturated heterocycles. The number of rotatable bonds is 14. The summed E-state index contributed by atoms with van der Waals surface area (Å²) in [5.74, 6) is -0.451. The molecule has 0 bridgehead atoms. The van der Waals surface area contributed by atoms with E-state index in [0.29, 0.717) is 5.56 Å². The van der Waals surface area contributed by atoms with Crippen LogP contribution in [-0.2, 0) is 9.47 Å². The number of benzene rings is 2. The molecule has 0 unspecified atom stereocenters. The molecule has 0 radical (unpaired) electrons. The Kier molecular flexibility index (Phi) is 9.85. The van der Waals surface area contributed by atoms with Crippen molar-refractivity contribution in [3.05, 3.63) is 68.3 Å². The molecule has 0 aliphatic heterocycles. The summed E-state index contributed by atoms with van der Waals surface area (Å²) in [6.45, 7) is 3.65. The normalized spacial score (nSPS) is 10.4. The van der Waals surface area contributed by atoms with Gasteiger partial charge in [-0.05, 0) is 36.8 Å². The lowest BCUT2D eigenvalue weighted by molar-refractivity contribution is -0.393. The Hall–Kier alpha value is -3.73. The minimum absolute atomic E-state index is 0.0625. The zero-order valence-corrected chi connectivity index (χ0v) is 17.7. The number of nitro benzene ring substituents is 2. The molecule has 0 heterocycles. The van der Waals surface area contributed by atoms with Gasteiger partial charge in [0, 0.05) is 24.8 Å². The van der Waals surface area contributed by atoms with Gasteiger partial charge in [-0.2, -0.15) is 0 Å². The third kappa shape index (κ3) is 7.84. The molecule has 11 nitrogen and oxygen atoms in total. The van der Waals surface area contributed by atoms with Crippen LogP contribution in [0.25, 0.3) is 0 Å². The first-order chi connectivity index (χ1) is 15.4. The highest BCUT2D eigenvalue weighted by atomic mass is 16.6. The molecule has 2 aromatic rings. The summed E-state index contributed by atoms with van der Waals surface area (Å²) >= 11 is 0. The van der Waals surface area contributed by atoms with Gasteiger partial charge in [-0.1, -0.05) is 13.3 Å². The van der Waals surface area contributed by atoms with Gasteiger partial charge in [0.25, 0.3) is 11.4 Å². The van der Waals surface area contributed by atoms with Crippen molar-refractivity contribution >= 4 is 28.7 Å². The molecular weight excluding hydrogens is 420 g/mol. The van der Waals surface area contributed by atoms with Crippen LogP contribution in [0.4, 0.5) is 22.7 Å². The Morgan fingerprint density at radius 3 is 2.34 bits per heavy atom. The molecule has 2 rings (SSSR count). The molecule has 0 spiro atoms. The Labute approximate surface area is 185 Å². The number of ether oxygens (including phenoxy) is 2. The predicted octanol–water partition coefficient (Wildman–Crippen LogP) is 4.00. The Bertz CT molecular complexity index is 919. The van der Waals surface area contributed by atoms with Crippen LogP contribution in [0.1, 0.15) is 30.1 Å². The van der Waals surface area contributed by atoms with Gasteiger partial charge in [0.1, 0.15) is 12.3 Å². The van der Waals surface area contributed by atoms with Gasteiger partial charge in [0.15, 0.2) is 0 Å². The average molecular weight is 446 g/mol. The van der Waals surface area contributed by atoms with Crippen LogP contribution in [0, 0.1) is 20.2 Å². The van der Waals surface area contributed by atoms with E-state index in [1.54, 1.807) is 12.1 Å². The van der Waals surface area contributed by atoms with Crippen molar-refractivity contribution in [1.82, 2.24) is 0 Å². The first kappa shape index (κ1) is 24.5. The standard InChI is InChI=1S/C21H26N4O7/c1-2-3-10-22-17-6-4-16(5-7-17)21(26)32-14-13-31-12-11-23-19-9-8-18(24(27)28)15-20(19)25(29)30/h4-9,15,22-23H,2-3,10-14H2,1H3. The predicted molar refractivity (Wildman–Crippen MR) is 119 cm³/mol. The fourth-order valence-corrected chi connectivity index (χ4v) is 2.70. The van der Waals surface area contributed by atoms with Crippen molar-refractivity contribution in [3.8, 4) is 0 Å². The van der Waals surface area contributed by atoms with Crippen molar-refractivity contribution in [2.45, 2.75) is 19.8 Å². The Balaban J connectivity index is 1.67. The average Bonchev–Trinajstić information content (AvgIpc) is 2.78. The maximum absolute atomic E-state index is 12.0. The zero-order valence-electron chi connectivity index (χ0n) is 17.7. The Morgan fingerprint density at radius 2 is 1.69 bits per heavy atom. The van der Waals surface area contributed by atoms with Gasteiger partial charge in [-0.25, -0.2) is 4.79 Å². The minimum Gasteiger partial charge on any atom is -0.460 e. The number of carbonyl (C=O) groups excluding carboxylic acids is 1. The van der Waals surface area contributed by atoms with Crippen molar-refractivity contribution < 1.29 is 24.1 Å². The van der Waals surface area contributed by atoms with E-state index in [2.05, 4.69) is 17.6 Å². The lowest BCUT2D eigenvalue weighted by Gasteiger charge is -2.09. The molecule has 0 aromatic heterocycles. The van der Waals surface area contributed by atoms with Crippen LogP contribution in [0.3, 0.4) is 0 Å². The minimum atomic E-state index is -0.694. The first-order valence-electron chi connectivity index (χ1n) is 10.2.